The molecule has 1 aromatic carbocycles. The van der Waals surface area contributed by atoms with Crippen LogP contribution in [0, 0.1) is 0 Å². The number of nitrogens with one attached hydrogen (secondary N) is 1. The zero-order valence-corrected chi connectivity index (χ0v) is 9.67. The molecule has 0 unspecified atom stereocenters. The SMILES string of the molecule is c1cc2c(cc1OC1CCCCC1)CCN2. The third-order valence-electron chi connectivity index (χ3n) is 3.64. The van der Waals surface area contributed by atoms with Gasteiger partial charge in [0.25, 0.3) is 0 Å². The van der Waals surface area contributed by atoms with E-state index in [0.29, 0.717) is 6.10 Å². The number of hydrogen-bond donors (Lipinski definition) is 1. The van der Waals surface area contributed by atoms with Crippen LogP contribution in [0.15, 0.2) is 18.2 Å². The molecule has 1 N–H and O–H groups in total. The van der Waals surface area contributed by atoms with Crippen LogP contribution >= 0.6 is 0 Å². The summed E-state index contributed by atoms with van der Waals surface area (Å²) in [6.07, 6.45) is 8.10. The van der Waals surface area contributed by atoms with Gasteiger partial charge in [0.1, 0.15) is 5.75 Å². The van der Waals surface area contributed by atoms with Crippen molar-refractivity contribution in [2.24, 2.45) is 0 Å². The summed E-state index contributed by atoms with van der Waals surface area (Å²) < 4.78 is 6.05. The lowest BCUT2D eigenvalue weighted by molar-refractivity contribution is 0.155. The van der Waals surface area contributed by atoms with Crippen molar-refractivity contribution < 1.29 is 4.74 Å². The summed E-state index contributed by atoms with van der Waals surface area (Å²) in [6.45, 7) is 1.07. The lowest BCUT2D eigenvalue weighted by atomic mass is 9.98. The number of rotatable bonds is 2. The number of benzene rings is 1. The van der Waals surface area contributed by atoms with Crippen molar-refractivity contribution in [1.29, 1.82) is 0 Å². The molecule has 1 aliphatic heterocycles. The summed E-state index contributed by atoms with van der Waals surface area (Å²) >= 11 is 0. The summed E-state index contributed by atoms with van der Waals surface area (Å²) in [7, 11) is 0. The van der Waals surface area contributed by atoms with Crippen LogP contribution < -0.4 is 10.1 Å². The number of anilines is 1. The molecule has 1 fully saturated rings. The van der Waals surface area contributed by atoms with Gasteiger partial charge in [-0.05, 0) is 55.9 Å². The van der Waals surface area contributed by atoms with Gasteiger partial charge in [-0.3, -0.25) is 0 Å². The van der Waals surface area contributed by atoms with Gasteiger partial charge in [0.15, 0.2) is 0 Å². The van der Waals surface area contributed by atoms with Crippen molar-refractivity contribution in [2.75, 3.05) is 11.9 Å². The molecule has 0 bridgehead atoms. The molecule has 3 rings (SSSR count). The van der Waals surface area contributed by atoms with Crippen molar-refractivity contribution in [1.82, 2.24) is 0 Å². The first-order valence-electron chi connectivity index (χ1n) is 6.45. The molecule has 0 radical (unpaired) electrons. The van der Waals surface area contributed by atoms with E-state index >= 15 is 0 Å². The maximum atomic E-state index is 6.05. The Bertz CT molecular complexity index is 369. The van der Waals surface area contributed by atoms with Crippen LogP contribution in [0.2, 0.25) is 0 Å². The molecule has 1 aliphatic carbocycles. The topological polar surface area (TPSA) is 21.3 Å². The van der Waals surface area contributed by atoms with E-state index in [4.69, 9.17) is 4.74 Å². The molecule has 1 aromatic rings. The van der Waals surface area contributed by atoms with Crippen molar-refractivity contribution >= 4 is 5.69 Å². The molecule has 2 aliphatic rings. The molecule has 0 aromatic heterocycles. The van der Waals surface area contributed by atoms with Crippen LogP contribution in [-0.4, -0.2) is 12.6 Å². The summed E-state index contributed by atoms with van der Waals surface area (Å²) in [5.41, 5.74) is 2.70. The Kier molecular flexibility index (Phi) is 2.73. The quantitative estimate of drug-likeness (QED) is 0.820. The number of ether oxygens (including phenoxy) is 1. The smallest absolute Gasteiger partial charge is 0.120 e. The minimum absolute atomic E-state index is 0.459. The van der Waals surface area contributed by atoms with E-state index in [9.17, 15) is 0 Å². The van der Waals surface area contributed by atoms with Gasteiger partial charge < -0.3 is 10.1 Å². The van der Waals surface area contributed by atoms with Crippen molar-refractivity contribution in [2.45, 2.75) is 44.6 Å². The van der Waals surface area contributed by atoms with Gasteiger partial charge in [0.2, 0.25) is 0 Å². The van der Waals surface area contributed by atoms with Crippen LogP contribution in [0.5, 0.6) is 5.75 Å². The van der Waals surface area contributed by atoms with Crippen LogP contribution in [0.1, 0.15) is 37.7 Å². The Morgan fingerprint density at radius 1 is 1.12 bits per heavy atom. The molecule has 0 atom stereocenters. The van der Waals surface area contributed by atoms with E-state index in [2.05, 4.69) is 23.5 Å². The monoisotopic (exact) mass is 217 g/mol. The molecule has 2 heteroatoms. The number of hydrogen-bond acceptors (Lipinski definition) is 2. The summed E-state index contributed by atoms with van der Waals surface area (Å²) in [5.74, 6) is 1.06. The lowest BCUT2D eigenvalue weighted by Gasteiger charge is -2.23. The van der Waals surface area contributed by atoms with E-state index in [1.807, 2.05) is 0 Å². The second-order valence-electron chi connectivity index (χ2n) is 4.87. The normalized spacial score (nSPS) is 20.2. The fourth-order valence-electron chi connectivity index (χ4n) is 2.73. The second kappa shape index (κ2) is 4.36. The van der Waals surface area contributed by atoms with E-state index < -0.39 is 0 Å². The average molecular weight is 217 g/mol. The van der Waals surface area contributed by atoms with Gasteiger partial charge in [-0.15, -0.1) is 0 Å². The van der Waals surface area contributed by atoms with Crippen LogP contribution in [0.25, 0.3) is 0 Å². The molecule has 2 nitrogen and oxygen atoms in total. The minimum Gasteiger partial charge on any atom is -0.490 e. The molecular weight excluding hydrogens is 198 g/mol. The van der Waals surface area contributed by atoms with E-state index in [1.54, 1.807) is 0 Å². The van der Waals surface area contributed by atoms with E-state index in [1.165, 1.54) is 43.4 Å². The van der Waals surface area contributed by atoms with Crippen LogP contribution in [0.4, 0.5) is 5.69 Å². The van der Waals surface area contributed by atoms with Gasteiger partial charge in [-0.2, -0.15) is 0 Å². The highest BCUT2D eigenvalue weighted by molar-refractivity contribution is 5.57. The Hall–Kier alpha value is -1.18. The molecule has 0 spiro atoms. The first-order chi connectivity index (χ1) is 7.92. The first-order valence-corrected chi connectivity index (χ1v) is 6.45. The molecule has 86 valence electrons. The Morgan fingerprint density at radius 2 is 2.00 bits per heavy atom. The van der Waals surface area contributed by atoms with Crippen LogP contribution in [-0.2, 0) is 6.42 Å². The lowest BCUT2D eigenvalue weighted by Crippen LogP contribution is -2.19. The van der Waals surface area contributed by atoms with Crippen LogP contribution in [0.3, 0.4) is 0 Å². The van der Waals surface area contributed by atoms with Crippen molar-refractivity contribution in [3.63, 3.8) is 0 Å². The summed E-state index contributed by atoms with van der Waals surface area (Å²) in [6, 6.07) is 6.47. The van der Waals surface area contributed by atoms with Gasteiger partial charge in [-0.25, -0.2) is 0 Å². The van der Waals surface area contributed by atoms with Gasteiger partial charge in [-0.1, -0.05) is 6.42 Å². The Balaban J connectivity index is 1.69. The fourth-order valence-corrected chi connectivity index (χ4v) is 2.73. The Labute approximate surface area is 97.0 Å². The third-order valence-corrected chi connectivity index (χ3v) is 3.64. The van der Waals surface area contributed by atoms with E-state index in [0.717, 1.165) is 18.7 Å². The third kappa shape index (κ3) is 2.01. The van der Waals surface area contributed by atoms with E-state index in [-0.39, 0.29) is 0 Å². The first kappa shape index (κ1) is 10.0. The highest BCUT2D eigenvalue weighted by Gasteiger charge is 2.16. The molecule has 1 heterocycles. The predicted octanol–water partition coefficient (Wildman–Crippen LogP) is 3.37. The predicted molar refractivity (Wildman–Crippen MR) is 66.1 cm³/mol. The molecular formula is C14H19NO. The zero-order valence-electron chi connectivity index (χ0n) is 9.67. The van der Waals surface area contributed by atoms with Crippen molar-refractivity contribution in [3.05, 3.63) is 23.8 Å². The van der Waals surface area contributed by atoms with Gasteiger partial charge in [0, 0.05) is 12.2 Å². The van der Waals surface area contributed by atoms with Crippen molar-refractivity contribution in [3.8, 4) is 5.75 Å². The Morgan fingerprint density at radius 3 is 2.88 bits per heavy atom. The maximum absolute atomic E-state index is 6.05. The molecule has 1 saturated carbocycles. The highest BCUT2D eigenvalue weighted by atomic mass is 16.5. The largest absolute Gasteiger partial charge is 0.490 e. The summed E-state index contributed by atoms with van der Waals surface area (Å²) in [4.78, 5) is 0. The molecule has 16 heavy (non-hydrogen) atoms. The van der Waals surface area contributed by atoms with Gasteiger partial charge in [0.05, 0.1) is 6.10 Å². The summed E-state index contributed by atoms with van der Waals surface area (Å²) in [5, 5.41) is 3.38. The molecule has 0 amide bonds. The minimum atomic E-state index is 0.459. The average Bonchev–Trinajstić information content (AvgIpc) is 2.77. The van der Waals surface area contributed by atoms with Gasteiger partial charge >= 0.3 is 0 Å². The maximum Gasteiger partial charge on any atom is 0.120 e. The zero-order chi connectivity index (χ0) is 10.8. The highest BCUT2D eigenvalue weighted by Crippen LogP contribution is 2.29. The second-order valence-corrected chi connectivity index (χ2v) is 4.87. The number of fused-ring (bicyclic) bond motifs is 1. The standard InChI is InChI=1S/C14H19NO/c1-2-4-12(5-3-1)16-13-6-7-14-11(10-13)8-9-15-14/h6-7,10,12,15H,1-5,8-9H2. The molecule has 0 saturated heterocycles. The fraction of sp³-hybridized carbons (Fsp3) is 0.571.